The van der Waals surface area contributed by atoms with Gasteiger partial charge in [0.15, 0.2) is 0 Å². The molecular formula is C24H24ClNO3. The minimum Gasteiger partial charge on any atom is -0.481 e. The molecule has 3 aromatic rings. The first-order valence-corrected chi connectivity index (χ1v) is 9.93. The highest BCUT2D eigenvalue weighted by molar-refractivity contribution is 6.30. The van der Waals surface area contributed by atoms with Crippen LogP contribution in [0.2, 0.25) is 5.02 Å². The van der Waals surface area contributed by atoms with E-state index >= 15 is 0 Å². The van der Waals surface area contributed by atoms with Crippen LogP contribution in [0.3, 0.4) is 0 Å². The van der Waals surface area contributed by atoms with Crippen LogP contribution in [0.15, 0.2) is 72.8 Å². The highest BCUT2D eigenvalue weighted by Gasteiger charge is 2.07. The summed E-state index contributed by atoms with van der Waals surface area (Å²) < 4.78 is 0. The van der Waals surface area contributed by atoms with E-state index in [1.165, 1.54) is 5.56 Å². The number of benzene rings is 3. The number of aliphatic carboxylic acids is 1. The molecule has 0 aliphatic heterocycles. The largest absolute Gasteiger partial charge is 0.481 e. The zero-order valence-corrected chi connectivity index (χ0v) is 16.8. The maximum absolute atomic E-state index is 10.8. The lowest BCUT2D eigenvalue weighted by Crippen LogP contribution is -2.23. The third kappa shape index (κ3) is 6.43. The van der Waals surface area contributed by atoms with Crippen molar-refractivity contribution in [2.24, 2.45) is 0 Å². The van der Waals surface area contributed by atoms with Crippen molar-refractivity contribution in [3.8, 4) is 11.1 Å². The van der Waals surface area contributed by atoms with Crippen LogP contribution in [0.5, 0.6) is 0 Å². The number of halogens is 1. The number of carbonyl (C=O) groups is 1. The lowest BCUT2D eigenvalue weighted by Gasteiger charge is -2.12. The first kappa shape index (κ1) is 21.1. The number of carboxylic acids is 1. The molecule has 5 heteroatoms. The molecule has 0 saturated heterocycles. The minimum absolute atomic E-state index is 0.0399. The number of hydrogen-bond donors (Lipinski definition) is 3. The van der Waals surface area contributed by atoms with Gasteiger partial charge in [0.05, 0.1) is 12.5 Å². The topological polar surface area (TPSA) is 69.6 Å². The fourth-order valence-corrected chi connectivity index (χ4v) is 3.36. The van der Waals surface area contributed by atoms with E-state index in [0.717, 1.165) is 35.2 Å². The third-order valence-corrected chi connectivity index (χ3v) is 4.99. The lowest BCUT2D eigenvalue weighted by molar-refractivity contribution is -0.136. The summed E-state index contributed by atoms with van der Waals surface area (Å²) in [4.78, 5) is 10.8. The van der Waals surface area contributed by atoms with Crippen molar-refractivity contribution in [3.05, 3.63) is 94.5 Å². The molecule has 4 nitrogen and oxygen atoms in total. The summed E-state index contributed by atoms with van der Waals surface area (Å²) in [5, 5.41) is 23.0. The maximum atomic E-state index is 10.8. The molecule has 0 aromatic heterocycles. The molecule has 3 rings (SSSR count). The monoisotopic (exact) mass is 409 g/mol. The summed E-state index contributed by atoms with van der Waals surface area (Å²) in [5.41, 5.74) is 4.97. The van der Waals surface area contributed by atoms with Crippen molar-refractivity contribution in [2.75, 3.05) is 13.1 Å². The van der Waals surface area contributed by atoms with Crippen LogP contribution >= 0.6 is 11.6 Å². The third-order valence-electron chi connectivity index (χ3n) is 4.76. The first-order chi connectivity index (χ1) is 14.0. The van der Waals surface area contributed by atoms with E-state index in [-0.39, 0.29) is 6.42 Å². The SMILES string of the molecule is O=C(O)Cc1ccc(-c2ccc(CCNC[C@H](O)c3cccc(Cl)c3)cc2)cc1. The van der Waals surface area contributed by atoms with Crippen LogP contribution in [-0.2, 0) is 17.6 Å². The standard InChI is InChI=1S/C24H24ClNO3/c25-22-3-1-2-21(15-22)23(27)16-26-13-12-17-4-8-19(9-5-17)20-10-6-18(7-11-20)14-24(28)29/h1-11,15,23,26-27H,12-14,16H2,(H,28,29)/t23-/m0/s1. The van der Waals surface area contributed by atoms with Crippen LogP contribution in [0.4, 0.5) is 0 Å². The highest BCUT2D eigenvalue weighted by atomic mass is 35.5. The number of aliphatic hydroxyl groups is 1. The van der Waals surface area contributed by atoms with Gasteiger partial charge >= 0.3 is 5.97 Å². The van der Waals surface area contributed by atoms with Crippen LogP contribution < -0.4 is 5.32 Å². The molecule has 0 heterocycles. The van der Waals surface area contributed by atoms with E-state index in [1.54, 1.807) is 12.1 Å². The second-order valence-corrected chi connectivity index (χ2v) is 7.43. The van der Waals surface area contributed by atoms with Gasteiger partial charge in [0.2, 0.25) is 0 Å². The second kappa shape index (κ2) is 10.2. The van der Waals surface area contributed by atoms with Crippen molar-refractivity contribution in [1.29, 1.82) is 0 Å². The lowest BCUT2D eigenvalue weighted by atomic mass is 10.0. The van der Waals surface area contributed by atoms with E-state index in [2.05, 4.69) is 29.6 Å². The summed E-state index contributed by atoms with van der Waals surface area (Å²) in [6, 6.07) is 23.2. The predicted octanol–water partition coefficient (Wildman–Crippen LogP) is 4.50. The Bertz CT molecular complexity index is 939. The molecular weight excluding hydrogens is 386 g/mol. The highest BCUT2D eigenvalue weighted by Crippen LogP contribution is 2.21. The number of rotatable bonds is 9. The summed E-state index contributed by atoms with van der Waals surface area (Å²) in [6.45, 7) is 1.24. The van der Waals surface area contributed by atoms with Gasteiger partial charge in [-0.25, -0.2) is 0 Å². The van der Waals surface area contributed by atoms with Gasteiger partial charge in [-0.1, -0.05) is 72.3 Å². The quantitative estimate of drug-likeness (QED) is 0.455. The molecule has 0 amide bonds. The molecule has 0 radical (unpaired) electrons. The summed E-state index contributed by atoms with van der Waals surface area (Å²) in [5.74, 6) is -0.823. The summed E-state index contributed by atoms with van der Waals surface area (Å²) in [6.07, 6.45) is 0.318. The Morgan fingerprint density at radius 3 is 2.14 bits per heavy atom. The average Bonchev–Trinajstić information content (AvgIpc) is 2.72. The van der Waals surface area contributed by atoms with Crippen molar-refractivity contribution in [1.82, 2.24) is 5.32 Å². The number of nitrogens with one attached hydrogen (secondary N) is 1. The summed E-state index contributed by atoms with van der Waals surface area (Å²) >= 11 is 5.96. The molecule has 1 atom stereocenters. The van der Waals surface area contributed by atoms with Gasteiger partial charge in [0.1, 0.15) is 0 Å². The van der Waals surface area contributed by atoms with Gasteiger partial charge in [-0.05, 0) is 52.9 Å². The molecule has 3 N–H and O–H groups in total. The number of aliphatic hydroxyl groups excluding tert-OH is 1. The van der Waals surface area contributed by atoms with Crippen molar-refractivity contribution in [3.63, 3.8) is 0 Å². The zero-order valence-electron chi connectivity index (χ0n) is 16.0. The van der Waals surface area contributed by atoms with E-state index in [4.69, 9.17) is 16.7 Å². The zero-order chi connectivity index (χ0) is 20.6. The Hall–Kier alpha value is -2.66. The molecule has 0 fully saturated rings. The van der Waals surface area contributed by atoms with Gasteiger partial charge in [0, 0.05) is 11.6 Å². The van der Waals surface area contributed by atoms with Gasteiger partial charge in [0.25, 0.3) is 0 Å². The average molecular weight is 410 g/mol. The van der Waals surface area contributed by atoms with Crippen molar-refractivity contribution < 1.29 is 15.0 Å². The van der Waals surface area contributed by atoms with E-state index in [1.807, 2.05) is 36.4 Å². The van der Waals surface area contributed by atoms with Gasteiger partial charge < -0.3 is 15.5 Å². The maximum Gasteiger partial charge on any atom is 0.307 e. The fourth-order valence-electron chi connectivity index (χ4n) is 3.16. The number of carboxylic acid groups (broad SMARTS) is 1. The van der Waals surface area contributed by atoms with Crippen LogP contribution in [0.1, 0.15) is 22.8 Å². The molecule has 0 bridgehead atoms. The molecule has 0 unspecified atom stereocenters. The van der Waals surface area contributed by atoms with E-state index in [9.17, 15) is 9.90 Å². The Balaban J connectivity index is 1.47. The first-order valence-electron chi connectivity index (χ1n) is 9.55. The van der Waals surface area contributed by atoms with Gasteiger partial charge in [-0.15, -0.1) is 0 Å². The Labute approximate surface area is 175 Å². The fraction of sp³-hybridized carbons (Fsp3) is 0.208. The molecule has 0 saturated carbocycles. The smallest absolute Gasteiger partial charge is 0.307 e. The molecule has 3 aromatic carbocycles. The molecule has 150 valence electrons. The van der Waals surface area contributed by atoms with E-state index < -0.39 is 12.1 Å². The predicted molar refractivity (Wildman–Crippen MR) is 116 cm³/mol. The normalized spacial score (nSPS) is 11.9. The van der Waals surface area contributed by atoms with Gasteiger partial charge in [-0.3, -0.25) is 4.79 Å². The Morgan fingerprint density at radius 1 is 0.931 bits per heavy atom. The van der Waals surface area contributed by atoms with Crippen molar-refractivity contribution >= 4 is 17.6 Å². The molecule has 0 spiro atoms. The van der Waals surface area contributed by atoms with E-state index in [0.29, 0.717) is 11.6 Å². The van der Waals surface area contributed by atoms with Crippen molar-refractivity contribution in [2.45, 2.75) is 18.9 Å². The minimum atomic E-state index is -0.823. The van der Waals surface area contributed by atoms with Crippen LogP contribution in [-0.4, -0.2) is 29.3 Å². The Kier molecular flexibility index (Phi) is 7.42. The number of hydrogen-bond acceptors (Lipinski definition) is 3. The van der Waals surface area contributed by atoms with Crippen LogP contribution in [0, 0.1) is 0 Å². The second-order valence-electron chi connectivity index (χ2n) is 6.99. The van der Waals surface area contributed by atoms with Crippen LogP contribution in [0.25, 0.3) is 11.1 Å². The molecule has 29 heavy (non-hydrogen) atoms. The molecule has 0 aliphatic carbocycles. The Morgan fingerprint density at radius 2 is 1.55 bits per heavy atom. The molecule has 0 aliphatic rings. The van der Waals surface area contributed by atoms with Gasteiger partial charge in [-0.2, -0.15) is 0 Å². The summed E-state index contributed by atoms with van der Waals surface area (Å²) in [7, 11) is 0.